The van der Waals surface area contributed by atoms with E-state index in [0.29, 0.717) is 11.7 Å². The van der Waals surface area contributed by atoms with E-state index in [1.54, 1.807) is 6.07 Å². The van der Waals surface area contributed by atoms with E-state index in [2.05, 4.69) is 10.3 Å². The highest BCUT2D eigenvalue weighted by molar-refractivity contribution is 5.42. The Kier molecular flexibility index (Phi) is 3.06. The third kappa shape index (κ3) is 2.59. The summed E-state index contributed by atoms with van der Waals surface area (Å²) in [5, 5.41) is 12.8. The number of aliphatic hydroxyl groups excluding tert-OH is 1. The average molecular weight is 207 g/mol. The Balaban J connectivity index is 1.87. The summed E-state index contributed by atoms with van der Waals surface area (Å²) < 4.78 is 0. The zero-order valence-electron chi connectivity index (χ0n) is 8.69. The van der Waals surface area contributed by atoms with Crippen LogP contribution in [0.2, 0.25) is 0 Å². The molecule has 1 aliphatic rings. The van der Waals surface area contributed by atoms with Crippen molar-refractivity contribution in [3.63, 3.8) is 0 Å². The van der Waals surface area contributed by atoms with Crippen molar-refractivity contribution in [3.8, 4) is 0 Å². The summed E-state index contributed by atoms with van der Waals surface area (Å²) in [6, 6.07) is 5.52. The van der Waals surface area contributed by atoms with Crippen LogP contribution < -0.4 is 11.1 Å². The summed E-state index contributed by atoms with van der Waals surface area (Å²) >= 11 is 0. The SMILES string of the molecule is Nc1cccc(NCC2CCCC2O)n1. The number of rotatable bonds is 3. The van der Waals surface area contributed by atoms with E-state index >= 15 is 0 Å². The van der Waals surface area contributed by atoms with E-state index < -0.39 is 0 Å². The van der Waals surface area contributed by atoms with Gasteiger partial charge in [-0.3, -0.25) is 0 Å². The zero-order chi connectivity index (χ0) is 10.7. The van der Waals surface area contributed by atoms with Crippen LogP contribution in [0.15, 0.2) is 18.2 Å². The maximum absolute atomic E-state index is 9.64. The van der Waals surface area contributed by atoms with Crippen molar-refractivity contribution in [2.45, 2.75) is 25.4 Å². The van der Waals surface area contributed by atoms with Crippen molar-refractivity contribution in [2.75, 3.05) is 17.6 Å². The van der Waals surface area contributed by atoms with Gasteiger partial charge in [0.15, 0.2) is 0 Å². The molecule has 0 bridgehead atoms. The molecule has 82 valence electrons. The van der Waals surface area contributed by atoms with Gasteiger partial charge in [0.1, 0.15) is 11.6 Å². The Morgan fingerprint density at radius 3 is 3.00 bits per heavy atom. The van der Waals surface area contributed by atoms with Gasteiger partial charge in [-0.15, -0.1) is 0 Å². The Morgan fingerprint density at radius 1 is 1.47 bits per heavy atom. The van der Waals surface area contributed by atoms with Gasteiger partial charge in [0, 0.05) is 12.5 Å². The number of hydrogen-bond acceptors (Lipinski definition) is 4. The van der Waals surface area contributed by atoms with Crippen LogP contribution in [-0.4, -0.2) is 22.7 Å². The number of anilines is 2. The highest BCUT2D eigenvalue weighted by Crippen LogP contribution is 2.25. The second kappa shape index (κ2) is 4.49. The lowest BCUT2D eigenvalue weighted by Crippen LogP contribution is -2.22. The Morgan fingerprint density at radius 2 is 2.33 bits per heavy atom. The molecule has 1 aromatic rings. The van der Waals surface area contributed by atoms with Gasteiger partial charge in [0.05, 0.1) is 6.10 Å². The molecule has 1 aromatic heterocycles. The highest BCUT2D eigenvalue weighted by Gasteiger charge is 2.24. The third-order valence-corrected chi connectivity index (χ3v) is 2.93. The van der Waals surface area contributed by atoms with Gasteiger partial charge >= 0.3 is 0 Å². The molecular formula is C11H17N3O. The van der Waals surface area contributed by atoms with E-state index in [-0.39, 0.29) is 6.10 Å². The van der Waals surface area contributed by atoms with Gasteiger partial charge in [-0.05, 0) is 25.0 Å². The highest BCUT2D eigenvalue weighted by atomic mass is 16.3. The first-order valence-electron chi connectivity index (χ1n) is 5.40. The molecule has 15 heavy (non-hydrogen) atoms. The fourth-order valence-corrected chi connectivity index (χ4v) is 2.04. The second-order valence-electron chi connectivity index (χ2n) is 4.09. The molecular weight excluding hydrogens is 190 g/mol. The summed E-state index contributed by atoms with van der Waals surface area (Å²) in [5.41, 5.74) is 5.57. The largest absolute Gasteiger partial charge is 0.393 e. The Bertz CT molecular complexity index is 329. The molecule has 4 N–H and O–H groups in total. The minimum absolute atomic E-state index is 0.154. The number of aliphatic hydroxyl groups is 1. The van der Waals surface area contributed by atoms with Crippen molar-refractivity contribution in [1.29, 1.82) is 0 Å². The lowest BCUT2D eigenvalue weighted by molar-refractivity contribution is 0.138. The minimum atomic E-state index is -0.154. The molecule has 0 spiro atoms. The predicted molar refractivity (Wildman–Crippen MR) is 60.5 cm³/mol. The third-order valence-electron chi connectivity index (χ3n) is 2.93. The van der Waals surface area contributed by atoms with Crippen molar-refractivity contribution in [2.24, 2.45) is 5.92 Å². The quantitative estimate of drug-likeness (QED) is 0.697. The zero-order valence-corrected chi connectivity index (χ0v) is 8.69. The normalized spacial score (nSPS) is 25.4. The predicted octanol–water partition coefficient (Wildman–Crippen LogP) is 1.24. The molecule has 1 heterocycles. The molecule has 0 aliphatic heterocycles. The molecule has 0 radical (unpaired) electrons. The first-order chi connectivity index (χ1) is 7.25. The van der Waals surface area contributed by atoms with Crippen molar-refractivity contribution in [3.05, 3.63) is 18.2 Å². The standard InChI is InChI=1S/C11H17N3O/c12-10-5-2-6-11(14-10)13-7-8-3-1-4-9(8)15/h2,5-6,8-9,15H,1,3-4,7H2,(H3,12,13,14). The van der Waals surface area contributed by atoms with Gasteiger partial charge in [0.2, 0.25) is 0 Å². The van der Waals surface area contributed by atoms with Gasteiger partial charge < -0.3 is 16.2 Å². The van der Waals surface area contributed by atoms with Gasteiger partial charge in [-0.25, -0.2) is 4.98 Å². The van der Waals surface area contributed by atoms with Crippen molar-refractivity contribution in [1.82, 2.24) is 4.98 Å². The summed E-state index contributed by atoms with van der Waals surface area (Å²) in [4.78, 5) is 4.14. The molecule has 2 atom stereocenters. The topological polar surface area (TPSA) is 71.2 Å². The number of hydrogen-bond donors (Lipinski definition) is 3. The number of nitrogens with zero attached hydrogens (tertiary/aromatic N) is 1. The molecule has 4 heteroatoms. The maximum atomic E-state index is 9.64. The number of aromatic nitrogens is 1. The van der Waals surface area contributed by atoms with Crippen LogP contribution in [0.3, 0.4) is 0 Å². The summed E-state index contributed by atoms with van der Waals surface area (Å²) in [7, 11) is 0. The Labute approximate surface area is 89.5 Å². The first kappa shape index (κ1) is 10.2. The smallest absolute Gasteiger partial charge is 0.128 e. The monoisotopic (exact) mass is 207 g/mol. The maximum Gasteiger partial charge on any atom is 0.128 e. The van der Waals surface area contributed by atoms with E-state index in [0.717, 1.165) is 31.6 Å². The fourth-order valence-electron chi connectivity index (χ4n) is 2.04. The minimum Gasteiger partial charge on any atom is -0.393 e. The second-order valence-corrected chi connectivity index (χ2v) is 4.09. The van der Waals surface area contributed by atoms with E-state index in [9.17, 15) is 5.11 Å². The van der Waals surface area contributed by atoms with Gasteiger partial charge in [-0.1, -0.05) is 12.5 Å². The number of nitrogen functional groups attached to an aromatic ring is 1. The lowest BCUT2D eigenvalue weighted by atomic mass is 10.1. The fraction of sp³-hybridized carbons (Fsp3) is 0.545. The van der Waals surface area contributed by atoms with E-state index in [4.69, 9.17) is 5.73 Å². The van der Waals surface area contributed by atoms with Crippen LogP contribution >= 0.6 is 0 Å². The van der Waals surface area contributed by atoms with Crippen molar-refractivity contribution >= 4 is 11.6 Å². The molecule has 0 amide bonds. The summed E-state index contributed by atoms with van der Waals surface area (Å²) in [6.45, 7) is 0.775. The van der Waals surface area contributed by atoms with Crippen LogP contribution in [0, 0.1) is 5.92 Å². The average Bonchev–Trinajstić information content (AvgIpc) is 2.61. The van der Waals surface area contributed by atoms with Crippen LogP contribution in [0.4, 0.5) is 11.6 Å². The van der Waals surface area contributed by atoms with Crippen LogP contribution in [0.1, 0.15) is 19.3 Å². The Hall–Kier alpha value is -1.29. The molecule has 4 nitrogen and oxygen atoms in total. The van der Waals surface area contributed by atoms with Crippen molar-refractivity contribution < 1.29 is 5.11 Å². The number of nitrogens with one attached hydrogen (secondary N) is 1. The van der Waals surface area contributed by atoms with Crippen LogP contribution in [0.5, 0.6) is 0 Å². The summed E-state index contributed by atoms with van der Waals surface area (Å²) in [6.07, 6.45) is 2.99. The lowest BCUT2D eigenvalue weighted by Gasteiger charge is -2.15. The van der Waals surface area contributed by atoms with E-state index in [1.165, 1.54) is 0 Å². The van der Waals surface area contributed by atoms with E-state index in [1.807, 2.05) is 12.1 Å². The summed E-state index contributed by atoms with van der Waals surface area (Å²) in [5.74, 6) is 1.66. The van der Waals surface area contributed by atoms with Crippen LogP contribution in [-0.2, 0) is 0 Å². The molecule has 1 aliphatic carbocycles. The molecule has 2 unspecified atom stereocenters. The number of nitrogens with two attached hydrogens (primary N) is 1. The van der Waals surface area contributed by atoms with Crippen LogP contribution in [0.25, 0.3) is 0 Å². The molecule has 1 fully saturated rings. The molecule has 2 rings (SSSR count). The molecule has 0 aromatic carbocycles. The molecule has 0 saturated heterocycles. The molecule has 1 saturated carbocycles. The first-order valence-corrected chi connectivity index (χ1v) is 5.40. The van der Waals surface area contributed by atoms with Gasteiger partial charge in [0.25, 0.3) is 0 Å². The number of pyridine rings is 1. The van der Waals surface area contributed by atoms with Gasteiger partial charge in [-0.2, -0.15) is 0 Å².